The number of hydrogen-bond donors (Lipinski definition) is 0. The van der Waals surface area contributed by atoms with Gasteiger partial charge in [0.2, 0.25) is 0 Å². The largest absolute Gasteiger partial charge is 0.373 e. The third-order valence-electron chi connectivity index (χ3n) is 5.73. The van der Waals surface area contributed by atoms with Crippen LogP contribution in [0.2, 0.25) is 5.02 Å². The first kappa shape index (κ1) is 20.3. The van der Waals surface area contributed by atoms with E-state index in [2.05, 4.69) is 29.1 Å². The lowest BCUT2D eigenvalue weighted by molar-refractivity contribution is -0.0856. The molecule has 8 heteroatoms. The second-order valence-electron chi connectivity index (χ2n) is 8.16. The molecule has 2 aliphatic rings. The Morgan fingerprint density at radius 3 is 2.45 bits per heavy atom. The van der Waals surface area contributed by atoms with E-state index in [4.69, 9.17) is 16.3 Å². The lowest BCUT2D eigenvalue weighted by Gasteiger charge is -2.43. The molecule has 1 amide bonds. The Morgan fingerprint density at radius 1 is 1.14 bits per heavy atom. The first-order valence-corrected chi connectivity index (χ1v) is 10.7. The van der Waals surface area contributed by atoms with Gasteiger partial charge in [0.25, 0.3) is 5.91 Å². The summed E-state index contributed by atoms with van der Waals surface area (Å²) >= 11 is 5.93. The number of likely N-dealkylation sites (tertiary alicyclic amines) is 1. The number of ether oxygens (including phenoxy) is 1. The molecule has 2 saturated heterocycles. The van der Waals surface area contributed by atoms with Gasteiger partial charge in [-0.1, -0.05) is 28.9 Å². The van der Waals surface area contributed by atoms with E-state index in [-0.39, 0.29) is 18.1 Å². The van der Waals surface area contributed by atoms with Gasteiger partial charge in [0, 0.05) is 37.2 Å². The monoisotopic (exact) mass is 417 g/mol. The number of benzene rings is 1. The zero-order valence-corrected chi connectivity index (χ0v) is 17.8. The quantitative estimate of drug-likeness (QED) is 0.765. The van der Waals surface area contributed by atoms with Gasteiger partial charge in [-0.2, -0.15) is 0 Å². The van der Waals surface area contributed by atoms with Crippen molar-refractivity contribution in [3.63, 3.8) is 0 Å². The zero-order valence-electron chi connectivity index (χ0n) is 17.0. The molecule has 2 aromatic rings. The van der Waals surface area contributed by atoms with Crippen molar-refractivity contribution in [2.45, 2.75) is 51.5 Å². The summed E-state index contributed by atoms with van der Waals surface area (Å²) in [7, 11) is 0. The molecule has 0 radical (unpaired) electrons. The van der Waals surface area contributed by atoms with Gasteiger partial charge in [-0.05, 0) is 44.4 Å². The molecular weight excluding hydrogens is 390 g/mol. The van der Waals surface area contributed by atoms with Crippen LogP contribution in [0.3, 0.4) is 0 Å². The average Bonchev–Trinajstić information content (AvgIpc) is 3.17. The fraction of sp³-hybridized carbons (Fsp3) is 0.571. The van der Waals surface area contributed by atoms with Crippen molar-refractivity contribution >= 4 is 17.5 Å². The molecule has 2 aliphatic heterocycles. The van der Waals surface area contributed by atoms with E-state index < -0.39 is 0 Å². The summed E-state index contributed by atoms with van der Waals surface area (Å²) < 4.78 is 7.54. The number of piperidine rings is 1. The van der Waals surface area contributed by atoms with Gasteiger partial charge in [0.1, 0.15) is 0 Å². The minimum absolute atomic E-state index is 0.0329. The molecule has 1 aromatic heterocycles. The number of morpholine rings is 1. The first-order valence-electron chi connectivity index (χ1n) is 10.3. The summed E-state index contributed by atoms with van der Waals surface area (Å²) in [6.45, 7) is 8.29. The molecule has 0 N–H and O–H groups in total. The molecule has 0 bridgehead atoms. The van der Waals surface area contributed by atoms with Gasteiger partial charge in [-0.25, -0.2) is 4.68 Å². The highest BCUT2D eigenvalue weighted by atomic mass is 35.5. The van der Waals surface area contributed by atoms with Gasteiger partial charge < -0.3 is 9.64 Å². The van der Waals surface area contributed by atoms with Crippen LogP contribution < -0.4 is 0 Å². The maximum Gasteiger partial charge on any atom is 0.276 e. The molecule has 0 unspecified atom stereocenters. The SMILES string of the molecule is C[C@@H]1CN(C2CCN(C(=O)c3cn(Cc4ccc(Cl)cc4)nn3)CC2)C[C@H](C)O1. The molecular formula is C21H28ClN5O2. The molecule has 7 nitrogen and oxygen atoms in total. The maximum atomic E-state index is 12.9. The summed E-state index contributed by atoms with van der Waals surface area (Å²) in [5.74, 6) is -0.0329. The number of carbonyl (C=O) groups excluding carboxylic acids is 1. The number of carbonyl (C=O) groups is 1. The van der Waals surface area contributed by atoms with Crippen LogP contribution in [0, 0.1) is 0 Å². The first-order chi connectivity index (χ1) is 14.0. The molecule has 0 saturated carbocycles. The van der Waals surface area contributed by atoms with Crippen molar-refractivity contribution in [1.29, 1.82) is 0 Å². The Labute approximate surface area is 176 Å². The normalized spacial score (nSPS) is 24.0. The lowest BCUT2D eigenvalue weighted by atomic mass is 10.0. The van der Waals surface area contributed by atoms with Crippen LogP contribution in [0.4, 0.5) is 0 Å². The predicted molar refractivity (Wildman–Crippen MR) is 111 cm³/mol. The highest BCUT2D eigenvalue weighted by Gasteiger charge is 2.32. The van der Waals surface area contributed by atoms with Gasteiger partial charge in [-0.3, -0.25) is 9.69 Å². The van der Waals surface area contributed by atoms with Crippen molar-refractivity contribution in [3.05, 3.63) is 46.7 Å². The standard InChI is InChI=1S/C21H28ClN5O2/c1-15-11-26(12-16(2)29-15)19-7-9-25(10-8-19)21(28)20-14-27(24-23-20)13-17-3-5-18(22)6-4-17/h3-6,14-16,19H,7-13H2,1-2H3/t15-,16+. The van der Waals surface area contributed by atoms with Crippen molar-refractivity contribution in [2.75, 3.05) is 26.2 Å². The lowest BCUT2D eigenvalue weighted by Crippen LogP contribution is -2.53. The fourth-order valence-corrected chi connectivity index (χ4v) is 4.49. The van der Waals surface area contributed by atoms with Crippen molar-refractivity contribution in [3.8, 4) is 0 Å². The minimum Gasteiger partial charge on any atom is -0.373 e. The second-order valence-corrected chi connectivity index (χ2v) is 8.60. The van der Waals surface area contributed by atoms with Crippen LogP contribution in [0.15, 0.2) is 30.5 Å². The van der Waals surface area contributed by atoms with Crippen LogP contribution in [-0.4, -0.2) is 75.1 Å². The van der Waals surface area contributed by atoms with Crippen LogP contribution in [0.5, 0.6) is 0 Å². The summed E-state index contributed by atoms with van der Waals surface area (Å²) in [6, 6.07) is 8.11. The van der Waals surface area contributed by atoms with Crippen LogP contribution in [0.25, 0.3) is 0 Å². The van der Waals surface area contributed by atoms with Gasteiger partial charge in [0.15, 0.2) is 5.69 Å². The number of rotatable bonds is 4. The predicted octanol–water partition coefficient (Wildman–Crippen LogP) is 2.69. The Balaban J connectivity index is 1.32. The van der Waals surface area contributed by atoms with E-state index in [1.54, 1.807) is 10.9 Å². The molecule has 0 aliphatic carbocycles. The van der Waals surface area contributed by atoms with Crippen LogP contribution in [-0.2, 0) is 11.3 Å². The second kappa shape index (κ2) is 8.81. The average molecular weight is 418 g/mol. The smallest absolute Gasteiger partial charge is 0.276 e. The molecule has 156 valence electrons. The highest BCUT2D eigenvalue weighted by Crippen LogP contribution is 2.22. The van der Waals surface area contributed by atoms with Crippen LogP contribution in [0.1, 0.15) is 42.7 Å². The molecule has 0 spiro atoms. The van der Waals surface area contributed by atoms with Gasteiger partial charge in [-0.15, -0.1) is 5.10 Å². The number of aromatic nitrogens is 3. The van der Waals surface area contributed by atoms with Crippen LogP contribution >= 0.6 is 11.6 Å². The summed E-state index contributed by atoms with van der Waals surface area (Å²) in [5, 5.41) is 8.92. The Bertz CT molecular complexity index is 822. The van der Waals surface area contributed by atoms with Gasteiger partial charge in [0.05, 0.1) is 24.9 Å². The molecule has 1 aromatic carbocycles. The van der Waals surface area contributed by atoms with E-state index in [0.717, 1.165) is 44.6 Å². The third-order valence-corrected chi connectivity index (χ3v) is 5.98. The van der Waals surface area contributed by atoms with E-state index in [1.807, 2.05) is 29.2 Å². The zero-order chi connectivity index (χ0) is 20.4. The molecule has 4 rings (SSSR count). The number of nitrogens with zero attached hydrogens (tertiary/aromatic N) is 5. The van der Waals surface area contributed by atoms with Crippen molar-refractivity contribution < 1.29 is 9.53 Å². The minimum atomic E-state index is -0.0329. The number of halogens is 1. The Hall–Kier alpha value is -1.96. The third kappa shape index (κ3) is 4.97. The fourth-order valence-electron chi connectivity index (χ4n) is 4.36. The van der Waals surface area contributed by atoms with Crippen molar-refractivity contribution in [1.82, 2.24) is 24.8 Å². The number of amides is 1. The number of hydrogen-bond acceptors (Lipinski definition) is 5. The molecule has 2 fully saturated rings. The molecule has 29 heavy (non-hydrogen) atoms. The molecule has 2 atom stereocenters. The topological polar surface area (TPSA) is 63.5 Å². The van der Waals surface area contributed by atoms with E-state index >= 15 is 0 Å². The maximum absolute atomic E-state index is 12.9. The summed E-state index contributed by atoms with van der Waals surface area (Å²) in [4.78, 5) is 17.3. The van der Waals surface area contributed by atoms with E-state index in [9.17, 15) is 4.79 Å². The Morgan fingerprint density at radius 2 is 1.79 bits per heavy atom. The summed E-state index contributed by atoms with van der Waals surface area (Å²) in [6.07, 6.45) is 4.26. The molecule has 3 heterocycles. The van der Waals surface area contributed by atoms with Gasteiger partial charge >= 0.3 is 0 Å². The summed E-state index contributed by atoms with van der Waals surface area (Å²) in [5.41, 5.74) is 1.47. The van der Waals surface area contributed by atoms with Crippen molar-refractivity contribution in [2.24, 2.45) is 0 Å². The van der Waals surface area contributed by atoms with E-state index in [1.165, 1.54) is 0 Å². The van der Waals surface area contributed by atoms with E-state index in [0.29, 0.717) is 23.3 Å². The highest BCUT2D eigenvalue weighted by molar-refractivity contribution is 6.30. The Kier molecular flexibility index (Phi) is 6.18.